The number of aliphatic hydroxyl groups excluding tert-OH is 2. The third kappa shape index (κ3) is 73.9. The molecule has 0 saturated carbocycles. The maximum atomic E-state index is 13.0. The van der Waals surface area contributed by atoms with Gasteiger partial charge in [-0.15, -0.1) is 0 Å². The number of rotatable bonds is 69. The fourth-order valence-electron chi connectivity index (χ4n) is 9.32. The summed E-state index contributed by atoms with van der Waals surface area (Å²) in [7, 11) is -9.82. The Morgan fingerprint density at radius 1 is 0.283 bits per heavy atom. The van der Waals surface area contributed by atoms with Gasteiger partial charge in [-0.25, -0.2) is 9.13 Å². The fourth-order valence-corrected chi connectivity index (χ4v) is 10.9. The van der Waals surface area contributed by atoms with Crippen LogP contribution in [0.3, 0.4) is 0 Å². The largest absolute Gasteiger partial charge is 0.472 e. The predicted octanol–water partition coefficient (Wildman–Crippen LogP) is 21.6. The lowest BCUT2D eigenvalue weighted by Gasteiger charge is -2.21. The van der Waals surface area contributed by atoms with E-state index in [9.17, 15) is 43.5 Å². The van der Waals surface area contributed by atoms with Crippen LogP contribution < -0.4 is 0 Å². The summed E-state index contributed by atoms with van der Waals surface area (Å²) in [6.07, 6.45) is 91.1. The highest BCUT2D eigenvalue weighted by Gasteiger charge is 2.29. The third-order valence-corrected chi connectivity index (χ3v) is 16.8. The van der Waals surface area contributed by atoms with Crippen LogP contribution in [0, 0.1) is 0 Å². The van der Waals surface area contributed by atoms with Crippen molar-refractivity contribution in [3.63, 3.8) is 0 Å². The summed E-state index contributed by atoms with van der Waals surface area (Å²) in [6.45, 7) is 2.25. The van der Waals surface area contributed by atoms with Gasteiger partial charge in [0.2, 0.25) is 0 Å². The van der Waals surface area contributed by atoms with Gasteiger partial charge in [-0.2, -0.15) is 0 Å². The number of aliphatic hydroxyl groups is 2. The molecule has 0 aliphatic rings. The first-order valence-electron chi connectivity index (χ1n) is 37.4. The molecule has 16 nitrogen and oxygen atoms in total. The second-order valence-corrected chi connectivity index (χ2v) is 27.2. The Morgan fingerprint density at radius 3 is 0.818 bits per heavy atom. The lowest BCUT2D eigenvalue weighted by Crippen LogP contribution is -2.30. The Kier molecular flexibility index (Phi) is 69.0. The number of carbonyl (C=O) groups is 3. The molecule has 0 fully saturated rings. The molecular weight excluding hydrogens is 1290 g/mol. The highest BCUT2D eigenvalue weighted by atomic mass is 31.2. The van der Waals surface area contributed by atoms with Gasteiger partial charge in [-0.1, -0.05) is 268 Å². The zero-order valence-electron chi connectivity index (χ0n) is 61.1. The Hall–Kier alpha value is -5.09. The highest BCUT2D eigenvalue weighted by Crippen LogP contribution is 2.45. The van der Waals surface area contributed by atoms with Crippen LogP contribution in [0.5, 0.6) is 0 Å². The molecule has 0 aromatic rings. The number of carbonyl (C=O) groups excluding carboxylic acids is 3. The minimum atomic E-state index is -4.95. The summed E-state index contributed by atoms with van der Waals surface area (Å²) in [4.78, 5) is 58.6. The van der Waals surface area contributed by atoms with Crippen molar-refractivity contribution in [2.24, 2.45) is 0 Å². The molecule has 0 amide bonds. The van der Waals surface area contributed by atoms with Gasteiger partial charge in [0.05, 0.1) is 26.4 Å². The molecule has 0 bridgehead atoms. The van der Waals surface area contributed by atoms with Gasteiger partial charge in [0.25, 0.3) is 0 Å². The van der Waals surface area contributed by atoms with Crippen LogP contribution in [0.1, 0.15) is 265 Å². The van der Waals surface area contributed by atoms with E-state index in [1.807, 2.05) is 0 Å². The summed E-state index contributed by atoms with van der Waals surface area (Å²) in [5.74, 6) is -1.65. The summed E-state index contributed by atoms with van der Waals surface area (Å²) >= 11 is 0. The lowest BCUT2D eigenvalue weighted by molar-refractivity contribution is -0.161. The molecule has 0 rings (SSSR count). The van der Waals surface area contributed by atoms with Crippen molar-refractivity contribution in [2.75, 3.05) is 39.6 Å². The smallest absolute Gasteiger partial charge is 0.463 e. The van der Waals surface area contributed by atoms with Crippen molar-refractivity contribution in [1.29, 1.82) is 0 Å². The van der Waals surface area contributed by atoms with Crippen molar-refractivity contribution < 1.29 is 75.8 Å². The van der Waals surface area contributed by atoms with Crippen LogP contribution in [0.4, 0.5) is 0 Å². The number of ether oxygens (including phenoxy) is 3. The number of hydrogen-bond donors (Lipinski definition) is 4. The molecule has 0 radical (unpaired) electrons. The van der Waals surface area contributed by atoms with E-state index in [0.717, 1.165) is 180 Å². The van der Waals surface area contributed by atoms with Crippen molar-refractivity contribution in [1.82, 2.24) is 0 Å². The number of hydrogen-bond acceptors (Lipinski definition) is 14. The molecule has 0 aromatic carbocycles. The second kappa shape index (κ2) is 72.7. The first kappa shape index (κ1) is 93.9. The van der Waals surface area contributed by atoms with E-state index in [2.05, 4.69) is 191 Å². The van der Waals surface area contributed by atoms with Gasteiger partial charge < -0.3 is 34.2 Å². The SMILES string of the molecule is CC/C=C\C/C=C\C/C=C\C/C=C\C/C=C\C/C=C\CCCCC(=O)OCC(COP(=O)(O)OCC(O)COP(=O)(O)OCC(O)COC(=O)CCCCCCCCCCC/C=C\C/C=C\C/C=C\C/C=C\C/C=C\CC)OC(=O)CCCCCCCCC/C=C\C/C=C\C/C=C\CC. The Balaban J connectivity index is 4.70. The Labute approximate surface area is 599 Å². The minimum absolute atomic E-state index is 0.0769. The maximum Gasteiger partial charge on any atom is 0.472 e. The highest BCUT2D eigenvalue weighted by molar-refractivity contribution is 7.47. The van der Waals surface area contributed by atoms with Gasteiger partial charge in [-0.05, 0) is 148 Å². The normalized spacial score (nSPS) is 15.0. The van der Waals surface area contributed by atoms with Crippen LogP contribution >= 0.6 is 15.6 Å². The lowest BCUT2D eigenvalue weighted by atomic mass is 10.1. The molecule has 18 heteroatoms. The average Bonchev–Trinajstić information content (AvgIpc) is 2.16. The minimum Gasteiger partial charge on any atom is -0.463 e. The molecule has 0 saturated heterocycles. The van der Waals surface area contributed by atoms with E-state index in [1.54, 1.807) is 0 Å². The molecule has 4 N–H and O–H groups in total. The molecule has 99 heavy (non-hydrogen) atoms. The van der Waals surface area contributed by atoms with Crippen LogP contribution in [0.15, 0.2) is 170 Å². The molecule has 0 spiro atoms. The Morgan fingerprint density at radius 2 is 0.505 bits per heavy atom. The number of unbranched alkanes of at least 4 members (excludes halogenated alkanes) is 18. The summed E-state index contributed by atoms with van der Waals surface area (Å²) in [5.41, 5.74) is 0. The van der Waals surface area contributed by atoms with E-state index in [0.29, 0.717) is 19.3 Å². The van der Waals surface area contributed by atoms with Gasteiger partial charge in [0, 0.05) is 19.3 Å². The zero-order chi connectivity index (χ0) is 72.3. The topological polar surface area (TPSA) is 231 Å². The first-order valence-corrected chi connectivity index (χ1v) is 40.4. The van der Waals surface area contributed by atoms with Crippen LogP contribution in [0.25, 0.3) is 0 Å². The molecular formula is C81H132O16P2. The number of allylic oxidation sites excluding steroid dienone is 28. The number of phosphoric ester groups is 2. The quantitative estimate of drug-likeness (QED) is 0.0146. The van der Waals surface area contributed by atoms with E-state index < -0.39 is 91.5 Å². The fraction of sp³-hybridized carbons (Fsp3) is 0.617. The standard InChI is InChI=1S/C81H132O16P2/c1-4-7-10-13-16-19-22-25-28-31-33-35-36-37-38-40-42-44-46-49-52-55-58-61-64-67-79(84)91-70-76(82)71-93-98(87,88)94-72-77(83)73-95-99(89,90)96-75-78(97-81(86)69-66-63-60-57-54-51-48-43-30-27-24-21-18-15-12-9-6-3)74-92-80(85)68-65-62-59-56-53-50-47-45-41-39-34-32-29-26-23-20-17-14-11-8-5-2/h7-12,16-21,25-30,33-35,37-39,45,47,53,56,76-78,82-83H,4-6,13-15,22-24,31-32,36,40-44,46,48-52,54-55,57-75H2,1-3H3,(H,87,88)(H,89,90)/b10-7-,11-8-,12-9-,19-16-,20-17-,21-18-,28-25-,29-26-,30-27-,35-33-,38-37-,39-34-,47-45-,56-53-. The molecule has 0 aliphatic heterocycles. The Bertz CT molecular complexity index is 2480. The van der Waals surface area contributed by atoms with E-state index in [1.165, 1.54) is 25.7 Å². The molecule has 0 aliphatic carbocycles. The van der Waals surface area contributed by atoms with Crippen LogP contribution in [-0.4, -0.2) is 95.9 Å². The van der Waals surface area contributed by atoms with Gasteiger partial charge in [0.1, 0.15) is 25.4 Å². The van der Waals surface area contributed by atoms with E-state index in [-0.39, 0.29) is 19.3 Å². The zero-order valence-corrected chi connectivity index (χ0v) is 62.9. The van der Waals surface area contributed by atoms with Crippen molar-refractivity contribution in [3.05, 3.63) is 170 Å². The van der Waals surface area contributed by atoms with E-state index >= 15 is 0 Å². The molecule has 5 unspecified atom stereocenters. The van der Waals surface area contributed by atoms with Crippen molar-refractivity contribution in [2.45, 2.75) is 283 Å². The molecule has 0 heterocycles. The number of esters is 3. The van der Waals surface area contributed by atoms with Gasteiger partial charge >= 0.3 is 33.6 Å². The van der Waals surface area contributed by atoms with Crippen molar-refractivity contribution in [3.8, 4) is 0 Å². The van der Waals surface area contributed by atoms with Gasteiger partial charge in [-0.3, -0.25) is 32.5 Å². The molecule has 562 valence electrons. The third-order valence-electron chi connectivity index (χ3n) is 14.9. The number of phosphoric acid groups is 2. The average molecular weight is 1420 g/mol. The first-order chi connectivity index (χ1) is 48.2. The monoisotopic (exact) mass is 1420 g/mol. The van der Waals surface area contributed by atoms with Gasteiger partial charge in [0.15, 0.2) is 6.10 Å². The maximum absolute atomic E-state index is 13.0. The molecule has 5 atom stereocenters. The summed E-state index contributed by atoms with van der Waals surface area (Å²) < 4.78 is 61.0. The predicted molar refractivity (Wildman–Crippen MR) is 408 cm³/mol. The summed E-state index contributed by atoms with van der Waals surface area (Å²) in [5, 5.41) is 20.6. The summed E-state index contributed by atoms with van der Waals surface area (Å²) in [6, 6.07) is 0. The van der Waals surface area contributed by atoms with Crippen LogP contribution in [0.2, 0.25) is 0 Å². The van der Waals surface area contributed by atoms with Crippen LogP contribution in [-0.2, 0) is 55.8 Å². The second-order valence-electron chi connectivity index (χ2n) is 24.3. The molecule has 0 aromatic heterocycles. The van der Waals surface area contributed by atoms with E-state index in [4.69, 9.17) is 32.3 Å². The van der Waals surface area contributed by atoms with Crippen molar-refractivity contribution >= 4 is 33.6 Å².